The second-order valence-electron chi connectivity index (χ2n) is 7.92. The molecule has 0 saturated carbocycles. The highest BCUT2D eigenvalue weighted by molar-refractivity contribution is 6.01. The first-order valence-electron chi connectivity index (χ1n) is 10.9. The fourth-order valence-electron chi connectivity index (χ4n) is 3.55. The molecule has 0 aliphatic carbocycles. The number of nitrogens with zero attached hydrogens (tertiary/aromatic N) is 1. The van der Waals surface area contributed by atoms with Crippen molar-refractivity contribution >= 4 is 39.7 Å². The molecule has 1 amide bonds. The summed E-state index contributed by atoms with van der Waals surface area (Å²) in [6, 6.07) is 11.5. The van der Waals surface area contributed by atoms with Gasteiger partial charge in [0.25, 0.3) is 16.8 Å². The number of H-pyrrole nitrogens is 1. The number of rotatable bonds is 11. The van der Waals surface area contributed by atoms with E-state index in [1.807, 2.05) is 6.92 Å². The molecule has 0 fully saturated rings. The van der Waals surface area contributed by atoms with Crippen molar-refractivity contribution in [3.63, 3.8) is 0 Å². The van der Waals surface area contributed by atoms with Gasteiger partial charge in [0.2, 0.25) is 0 Å². The molecule has 5 N–H and O–H groups in total. The zero-order valence-corrected chi connectivity index (χ0v) is 19.2. The first-order chi connectivity index (χ1) is 16.9. The van der Waals surface area contributed by atoms with E-state index in [9.17, 15) is 19.5 Å². The van der Waals surface area contributed by atoms with Gasteiger partial charge in [-0.15, -0.1) is 0 Å². The van der Waals surface area contributed by atoms with Crippen molar-refractivity contribution in [2.45, 2.75) is 13.0 Å². The van der Waals surface area contributed by atoms with E-state index < -0.39 is 10.9 Å². The van der Waals surface area contributed by atoms with Crippen LogP contribution in [0.25, 0.3) is 10.9 Å². The number of phenols is 1. The third-order valence-corrected chi connectivity index (χ3v) is 5.40. The Morgan fingerprint density at radius 1 is 1.11 bits per heavy atom. The second kappa shape index (κ2) is 10.4. The van der Waals surface area contributed by atoms with Gasteiger partial charge in [-0.2, -0.15) is 5.10 Å². The van der Waals surface area contributed by atoms with Crippen LogP contribution >= 0.6 is 0 Å². The highest BCUT2D eigenvalue weighted by Crippen LogP contribution is 2.29. The van der Waals surface area contributed by atoms with Gasteiger partial charge in [0.1, 0.15) is 23.7 Å². The van der Waals surface area contributed by atoms with E-state index in [1.165, 1.54) is 0 Å². The van der Waals surface area contributed by atoms with Crippen LogP contribution in [-0.4, -0.2) is 48.1 Å². The Labute approximate surface area is 199 Å². The number of phenolic OH excluding ortho intramolecular Hbond substituents is 1. The Hall–Kier alpha value is -4.22. The van der Waals surface area contributed by atoms with E-state index in [4.69, 9.17) is 9.47 Å². The van der Waals surface area contributed by atoms with Crippen LogP contribution in [0.4, 0.5) is 22.9 Å². The Morgan fingerprint density at radius 3 is 2.69 bits per heavy atom. The van der Waals surface area contributed by atoms with E-state index >= 15 is 0 Å². The molecule has 0 saturated heterocycles. The normalized spacial score (nSPS) is 12.1. The van der Waals surface area contributed by atoms with Crippen molar-refractivity contribution in [3.8, 4) is 5.75 Å². The molecule has 11 heteroatoms. The quantitative estimate of drug-likeness (QED) is 0.161. The summed E-state index contributed by atoms with van der Waals surface area (Å²) in [7, 11) is 1.54. The van der Waals surface area contributed by atoms with Gasteiger partial charge in [0.05, 0.1) is 18.7 Å². The molecule has 0 aliphatic heterocycles. The molecule has 11 nitrogen and oxygen atoms in total. The fourth-order valence-corrected chi connectivity index (χ4v) is 3.55. The minimum absolute atomic E-state index is 0.109. The van der Waals surface area contributed by atoms with E-state index in [1.54, 1.807) is 49.6 Å². The van der Waals surface area contributed by atoms with Crippen LogP contribution in [0.5, 0.6) is 5.75 Å². The van der Waals surface area contributed by atoms with Crippen LogP contribution in [0.3, 0.4) is 0 Å². The van der Waals surface area contributed by atoms with E-state index in [2.05, 4.69) is 26.1 Å². The van der Waals surface area contributed by atoms with Crippen LogP contribution in [0.15, 0.2) is 52.1 Å². The molecule has 1 aromatic heterocycles. The number of aromatic hydroxyl groups is 1. The van der Waals surface area contributed by atoms with Crippen LogP contribution < -0.4 is 26.8 Å². The van der Waals surface area contributed by atoms with Crippen molar-refractivity contribution in [3.05, 3.63) is 68.5 Å². The summed E-state index contributed by atoms with van der Waals surface area (Å²) in [4.78, 5) is 36.6. The molecule has 0 bridgehead atoms. The zero-order valence-electron chi connectivity index (χ0n) is 19.2. The van der Waals surface area contributed by atoms with Gasteiger partial charge in [0.15, 0.2) is 5.82 Å². The van der Waals surface area contributed by atoms with Crippen LogP contribution in [0, 0.1) is 0 Å². The van der Waals surface area contributed by atoms with E-state index in [0.717, 1.165) is 5.56 Å². The summed E-state index contributed by atoms with van der Waals surface area (Å²) in [6.07, 6.45) is 0. The average Bonchev–Trinajstić information content (AvgIpc) is 3.25. The van der Waals surface area contributed by atoms with Gasteiger partial charge in [-0.05, 0) is 42.8 Å². The number of nitrogens with one attached hydrogen (secondary N) is 4. The minimum Gasteiger partial charge on any atom is -0.508 e. The van der Waals surface area contributed by atoms with Gasteiger partial charge in [-0.25, -0.2) is 0 Å². The lowest BCUT2D eigenvalue weighted by molar-refractivity contribution is -0.121. The Morgan fingerprint density at radius 2 is 1.91 bits per heavy atom. The Kier molecular flexibility index (Phi) is 7.09. The lowest BCUT2D eigenvalue weighted by atomic mass is 10.1. The fraction of sp³-hybridized carbons (Fsp3) is 0.250. The van der Waals surface area contributed by atoms with Crippen molar-refractivity contribution in [1.29, 1.82) is 0 Å². The molecule has 4 aromatic rings. The molecule has 3 aromatic carbocycles. The average molecular weight is 479 g/mol. The number of carbonyl (C=O) groups excluding carboxylic acids is 1. The first kappa shape index (κ1) is 23.9. The number of anilines is 4. The lowest BCUT2D eigenvalue weighted by Gasteiger charge is -2.20. The third kappa shape index (κ3) is 5.31. The summed E-state index contributed by atoms with van der Waals surface area (Å²) in [5, 5.41) is 26.0. The SMILES string of the molecule is COCCOCC(=O)Nc1n[nH]c2ccc(Nc3c(N[C@H](C)c4cccc(O)c4)c(=O)c3=O)cc12. The van der Waals surface area contributed by atoms with E-state index in [0.29, 0.717) is 35.6 Å². The molecule has 0 unspecified atom stereocenters. The zero-order chi connectivity index (χ0) is 24.9. The van der Waals surface area contributed by atoms with Gasteiger partial charge in [-0.1, -0.05) is 12.1 Å². The minimum atomic E-state index is -0.635. The number of hydrogen-bond acceptors (Lipinski definition) is 9. The van der Waals surface area contributed by atoms with Crippen LogP contribution in [-0.2, 0) is 14.3 Å². The Balaban J connectivity index is 1.49. The highest BCUT2D eigenvalue weighted by atomic mass is 16.5. The third-order valence-electron chi connectivity index (χ3n) is 5.40. The van der Waals surface area contributed by atoms with Crippen molar-refractivity contribution in [2.24, 2.45) is 0 Å². The van der Waals surface area contributed by atoms with Crippen LogP contribution in [0.2, 0.25) is 0 Å². The summed E-state index contributed by atoms with van der Waals surface area (Å²) in [6.45, 7) is 2.35. The molecular formula is C24H25N5O6. The molecule has 4 rings (SSSR count). The molecule has 1 atom stereocenters. The molecule has 35 heavy (non-hydrogen) atoms. The van der Waals surface area contributed by atoms with Gasteiger partial charge in [-0.3, -0.25) is 19.5 Å². The molecule has 1 heterocycles. The van der Waals surface area contributed by atoms with Gasteiger partial charge < -0.3 is 30.5 Å². The summed E-state index contributed by atoms with van der Waals surface area (Å²) in [5.74, 6) is 0.0462. The molecule has 182 valence electrons. The van der Waals surface area contributed by atoms with Gasteiger partial charge >= 0.3 is 0 Å². The monoisotopic (exact) mass is 479 g/mol. The number of fused-ring (bicyclic) bond motifs is 1. The summed E-state index contributed by atoms with van der Waals surface area (Å²) in [5.41, 5.74) is 1.02. The molecular weight excluding hydrogens is 454 g/mol. The van der Waals surface area contributed by atoms with E-state index in [-0.39, 0.29) is 35.7 Å². The standard InChI is InChI=1S/C24H25N5O6/c1-13(14-4-3-5-16(30)10-14)25-20-21(23(33)22(20)32)26-15-6-7-18-17(11-15)24(29-28-18)27-19(31)12-35-9-8-34-2/h3-7,10-11,13,25-26,30H,8-9,12H2,1-2H3,(H2,27,28,29,31)/t13-/m1/s1. The number of ether oxygens (including phenoxy) is 2. The number of carbonyl (C=O) groups is 1. The second-order valence-corrected chi connectivity index (χ2v) is 7.92. The summed E-state index contributed by atoms with van der Waals surface area (Å²) < 4.78 is 10.1. The smallest absolute Gasteiger partial charge is 0.253 e. The first-order valence-corrected chi connectivity index (χ1v) is 10.9. The maximum absolute atomic E-state index is 12.3. The largest absolute Gasteiger partial charge is 0.508 e. The number of benzene rings is 2. The number of aromatic amines is 1. The predicted octanol–water partition coefficient (Wildman–Crippen LogP) is 2.38. The molecule has 0 aliphatic rings. The van der Waals surface area contributed by atoms with Crippen molar-refractivity contribution < 1.29 is 19.4 Å². The van der Waals surface area contributed by atoms with Crippen molar-refractivity contribution in [2.75, 3.05) is 42.9 Å². The maximum atomic E-state index is 12.3. The number of methoxy groups -OCH3 is 1. The number of aromatic nitrogens is 2. The Bertz CT molecular complexity index is 1420. The maximum Gasteiger partial charge on any atom is 0.253 e. The number of amides is 1. The lowest BCUT2D eigenvalue weighted by Crippen LogP contribution is -2.37. The van der Waals surface area contributed by atoms with Crippen molar-refractivity contribution in [1.82, 2.24) is 10.2 Å². The molecule has 0 radical (unpaired) electrons. The van der Waals surface area contributed by atoms with Gasteiger partial charge in [0, 0.05) is 24.2 Å². The number of hydrogen-bond donors (Lipinski definition) is 5. The van der Waals surface area contributed by atoms with Crippen LogP contribution in [0.1, 0.15) is 18.5 Å². The topological polar surface area (TPSA) is 155 Å². The molecule has 0 spiro atoms. The highest BCUT2D eigenvalue weighted by Gasteiger charge is 2.23. The predicted molar refractivity (Wildman–Crippen MR) is 132 cm³/mol. The summed E-state index contributed by atoms with van der Waals surface area (Å²) >= 11 is 0.